The van der Waals surface area contributed by atoms with Crippen LogP contribution in [-0.2, 0) is 6.42 Å². The Kier molecular flexibility index (Phi) is 5.12. The Hall–Kier alpha value is -3.47. The molecule has 4 aromatic rings. The number of rotatable bonds is 5. The third kappa shape index (κ3) is 4.04. The number of ether oxygens (including phenoxy) is 1. The monoisotopic (exact) mass is 416 g/mol. The summed E-state index contributed by atoms with van der Waals surface area (Å²) in [4.78, 5) is 28.9. The maximum absolute atomic E-state index is 12.8. The fourth-order valence-corrected chi connectivity index (χ4v) is 3.36. The summed E-state index contributed by atoms with van der Waals surface area (Å²) in [5.41, 5.74) is 3.83. The number of amides is 1. The van der Waals surface area contributed by atoms with Crippen LogP contribution >= 0.6 is 11.3 Å². The highest BCUT2D eigenvalue weighted by molar-refractivity contribution is 7.12. The summed E-state index contributed by atoms with van der Waals surface area (Å²) in [6.07, 6.45) is 3.68. The molecule has 0 radical (unpaired) electrons. The molecule has 4 rings (SSSR count). The summed E-state index contributed by atoms with van der Waals surface area (Å²) in [7, 11) is 0. The number of halogens is 2. The number of thiazole rings is 1. The zero-order chi connectivity index (χ0) is 20.4. The van der Waals surface area contributed by atoms with Crippen LogP contribution < -0.4 is 10.2 Å². The molecule has 148 valence electrons. The van der Waals surface area contributed by atoms with Crippen LogP contribution in [0.1, 0.15) is 11.3 Å². The summed E-state index contributed by atoms with van der Waals surface area (Å²) in [5.74, 6) is 0.606. The minimum atomic E-state index is -2.51. The number of nitrogens with zero attached hydrogens (tertiary/aromatic N) is 5. The Bertz CT molecular complexity index is 1160. The van der Waals surface area contributed by atoms with Crippen molar-refractivity contribution in [2.75, 3.05) is 5.43 Å². The summed E-state index contributed by atoms with van der Waals surface area (Å²) in [6, 6.07) is 1.62. The van der Waals surface area contributed by atoms with Crippen LogP contribution in [0.4, 0.5) is 13.6 Å². The molecule has 4 heterocycles. The number of hydrogen-bond acceptors (Lipinski definition) is 7. The smallest absolute Gasteiger partial charge is 0.406 e. The van der Waals surface area contributed by atoms with Crippen molar-refractivity contribution in [2.45, 2.75) is 19.8 Å². The topological polar surface area (TPSA) is 94.8 Å². The van der Waals surface area contributed by atoms with Gasteiger partial charge in [0.25, 0.3) is 0 Å². The summed E-state index contributed by atoms with van der Waals surface area (Å²) < 4.78 is 32.3. The first-order valence-corrected chi connectivity index (χ1v) is 9.33. The molecule has 29 heavy (non-hydrogen) atoms. The number of nitrogens with one attached hydrogen (secondary N) is 1. The van der Waals surface area contributed by atoms with E-state index in [1.165, 1.54) is 40.8 Å². The van der Waals surface area contributed by atoms with Gasteiger partial charge in [-0.3, -0.25) is 9.66 Å². The Morgan fingerprint density at radius 3 is 2.90 bits per heavy atom. The van der Waals surface area contributed by atoms with Crippen LogP contribution in [-0.4, -0.2) is 37.1 Å². The number of fused-ring (bicyclic) bond motifs is 1. The van der Waals surface area contributed by atoms with Crippen LogP contribution in [0.2, 0.25) is 0 Å². The first-order chi connectivity index (χ1) is 14.0. The van der Waals surface area contributed by atoms with Gasteiger partial charge in [-0.1, -0.05) is 0 Å². The lowest BCUT2D eigenvalue weighted by molar-refractivity contribution is 0.149. The van der Waals surface area contributed by atoms with Crippen LogP contribution in [0, 0.1) is 6.92 Å². The largest absolute Gasteiger partial charge is 0.432 e. The highest BCUT2D eigenvalue weighted by atomic mass is 32.1. The van der Waals surface area contributed by atoms with Crippen molar-refractivity contribution in [2.24, 2.45) is 0 Å². The van der Waals surface area contributed by atoms with Gasteiger partial charge in [0, 0.05) is 35.8 Å². The molecule has 11 heteroatoms. The van der Waals surface area contributed by atoms with E-state index in [9.17, 15) is 13.6 Å². The lowest BCUT2D eigenvalue weighted by atomic mass is 10.1. The average molecular weight is 416 g/mol. The molecular weight excluding hydrogens is 402 g/mol. The van der Waals surface area contributed by atoms with Crippen LogP contribution in [0.25, 0.3) is 21.7 Å². The van der Waals surface area contributed by atoms with Crippen molar-refractivity contribution in [3.05, 3.63) is 53.7 Å². The SMILES string of the molecule is Cc1nc(-c2nccs2)ncc1OC(=O)Nn1cc(CC(F)F)c2ccncc21. The molecule has 1 N–H and O–H groups in total. The molecule has 0 atom stereocenters. The Labute approximate surface area is 167 Å². The van der Waals surface area contributed by atoms with Gasteiger partial charge < -0.3 is 4.74 Å². The Balaban J connectivity index is 1.53. The summed E-state index contributed by atoms with van der Waals surface area (Å²) in [5, 5.41) is 3.04. The van der Waals surface area contributed by atoms with Crippen molar-refractivity contribution in [3.63, 3.8) is 0 Å². The molecule has 0 aromatic carbocycles. The van der Waals surface area contributed by atoms with Crippen LogP contribution in [0.15, 0.2) is 42.4 Å². The quantitative estimate of drug-likeness (QED) is 0.532. The predicted octanol–water partition coefficient (Wildman–Crippen LogP) is 3.81. The minimum Gasteiger partial charge on any atom is -0.406 e. The predicted molar refractivity (Wildman–Crippen MR) is 103 cm³/mol. The van der Waals surface area contributed by atoms with E-state index in [1.807, 2.05) is 5.38 Å². The Morgan fingerprint density at radius 1 is 1.31 bits per heavy atom. The number of aromatic nitrogens is 5. The van der Waals surface area contributed by atoms with E-state index in [-0.39, 0.29) is 5.75 Å². The Morgan fingerprint density at radius 2 is 2.17 bits per heavy atom. The molecule has 0 spiro atoms. The number of carbonyl (C=O) groups excluding carboxylic acids is 1. The number of hydrogen-bond donors (Lipinski definition) is 1. The minimum absolute atomic E-state index is 0.171. The normalized spacial score (nSPS) is 11.2. The molecule has 8 nitrogen and oxygen atoms in total. The van der Waals surface area contributed by atoms with Gasteiger partial charge in [0.2, 0.25) is 6.43 Å². The van der Waals surface area contributed by atoms with Crippen LogP contribution in [0.3, 0.4) is 0 Å². The second-order valence-electron chi connectivity index (χ2n) is 5.99. The van der Waals surface area contributed by atoms with Crippen LogP contribution in [0.5, 0.6) is 5.75 Å². The molecule has 0 bridgehead atoms. The van der Waals surface area contributed by atoms with Gasteiger partial charge in [-0.05, 0) is 18.6 Å². The molecule has 0 saturated carbocycles. The maximum atomic E-state index is 12.8. The molecule has 0 unspecified atom stereocenters. The number of pyridine rings is 1. The number of aryl methyl sites for hydroxylation is 1. The highest BCUT2D eigenvalue weighted by Crippen LogP contribution is 2.23. The second-order valence-corrected chi connectivity index (χ2v) is 6.89. The van der Waals surface area contributed by atoms with E-state index in [0.29, 0.717) is 33.0 Å². The molecule has 0 aliphatic carbocycles. The van der Waals surface area contributed by atoms with E-state index in [4.69, 9.17) is 4.74 Å². The first kappa shape index (κ1) is 18.9. The molecule has 0 aliphatic rings. The molecule has 0 saturated heterocycles. The average Bonchev–Trinajstić information content (AvgIpc) is 3.33. The van der Waals surface area contributed by atoms with Gasteiger partial charge >= 0.3 is 6.09 Å². The molecule has 1 amide bonds. The van der Waals surface area contributed by atoms with Crippen molar-refractivity contribution in [1.82, 2.24) is 24.6 Å². The molecule has 0 aliphatic heterocycles. The van der Waals surface area contributed by atoms with Gasteiger partial charge in [-0.2, -0.15) is 0 Å². The van der Waals surface area contributed by atoms with Crippen molar-refractivity contribution >= 4 is 28.3 Å². The number of alkyl halides is 2. The zero-order valence-electron chi connectivity index (χ0n) is 15.0. The van der Waals surface area contributed by atoms with E-state index < -0.39 is 18.9 Å². The first-order valence-electron chi connectivity index (χ1n) is 8.45. The molecule has 0 fully saturated rings. The van der Waals surface area contributed by atoms with Crippen molar-refractivity contribution in [3.8, 4) is 16.6 Å². The molecular formula is C18H14F2N6O2S. The van der Waals surface area contributed by atoms with Crippen molar-refractivity contribution in [1.29, 1.82) is 0 Å². The fraction of sp³-hybridized carbons (Fsp3) is 0.167. The van der Waals surface area contributed by atoms with E-state index in [2.05, 4.69) is 25.4 Å². The van der Waals surface area contributed by atoms with Gasteiger partial charge in [-0.25, -0.2) is 34.0 Å². The van der Waals surface area contributed by atoms with Gasteiger partial charge in [0.15, 0.2) is 16.6 Å². The van der Waals surface area contributed by atoms with Gasteiger partial charge in [0.05, 0.1) is 23.6 Å². The lowest BCUT2D eigenvalue weighted by Crippen LogP contribution is -2.25. The van der Waals surface area contributed by atoms with E-state index in [0.717, 1.165) is 0 Å². The standard InChI is InChI=1S/C18H14F2N6O2S/c1-10-14(8-23-16(24-10)17-22-4-5-29-17)28-18(27)25-26-9-11(6-15(19)20)12-2-3-21-7-13(12)26/h2-5,7-9,15H,6H2,1H3,(H,25,27). The third-order valence-corrected chi connectivity index (χ3v) is 4.81. The zero-order valence-corrected chi connectivity index (χ0v) is 15.9. The summed E-state index contributed by atoms with van der Waals surface area (Å²) >= 11 is 1.39. The maximum Gasteiger partial charge on any atom is 0.432 e. The second kappa shape index (κ2) is 7.87. The van der Waals surface area contributed by atoms with Crippen molar-refractivity contribution < 1.29 is 18.3 Å². The van der Waals surface area contributed by atoms with Gasteiger partial charge in [-0.15, -0.1) is 11.3 Å². The fourth-order valence-electron chi connectivity index (χ4n) is 2.78. The van der Waals surface area contributed by atoms with Gasteiger partial charge in [0.1, 0.15) is 0 Å². The highest BCUT2D eigenvalue weighted by Gasteiger charge is 2.16. The van der Waals surface area contributed by atoms with E-state index in [1.54, 1.807) is 19.2 Å². The molecule has 4 aromatic heterocycles. The summed E-state index contributed by atoms with van der Waals surface area (Å²) in [6.45, 7) is 1.68. The third-order valence-electron chi connectivity index (χ3n) is 4.04. The number of carbonyl (C=O) groups is 1. The van der Waals surface area contributed by atoms with E-state index >= 15 is 0 Å². The lowest BCUT2D eigenvalue weighted by Gasteiger charge is -2.10.